The average molecular weight is 410 g/mol. The van der Waals surface area contributed by atoms with Gasteiger partial charge < -0.3 is 0 Å². The Labute approximate surface area is 169 Å². The minimum atomic E-state index is -0.155. The van der Waals surface area contributed by atoms with Crippen molar-refractivity contribution in [2.24, 2.45) is 0 Å². The molecule has 2 heterocycles. The van der Waals surface area contributed by atoms with E-state index in [0.29, 0.717) is 21.5 Å². The molecule has 0 unspecified atom stereocenters. The van der Waals surface area contributed by atoms with Gasteiger partial charge in [0.1, 0.15) is 16.8 Å². The molecule has 0 radical (unpaired) electrons. The van der Waals surface area contributed by atoms with E-state index in [4.69, 9.17) is 0 Å². The third-order valence-corrected chi connectivity index (χ3v) is 6.78. The maximum Gasteiger partial charge on any atom is 0.269 e. The van der Waals surface area contributed by atoms with Gasteiger partial charge in [0.15, 0.2) is 5.57 Å². The SMILES string of the molecule is Cc1ccc(/C=c2\sc(=C(C#N)C#N)n(CCSc3ccccc3)c2=O)s1. The normalized spacial score (nSPS) is 11.1. The summed E-state index contributed by atoms with van der Waals surface area (Å²) in [7, 11) is 0. The van der Waals surface area contributed by atoms with Crippen molar-refractivity contribution in [1.82, 2.24) is 4.57 Å². The van der Waals surface area contributed by atoms with Gasteiger partial charge in [0.25, 0.3) is 5.56 Å². The van der Waals surface area contributed by atoms with Crippen LogP contribution in [0.15, 0.2) is 52.2 Å². The summed E-state index contributed by atoms with van der Waals surface area (Å²) in [6.07, 6.45) is 1.83. The van der Waals surface area contributed by atoms with E-state index in [0.717, 1.165) is 9.77 Å². The van der Waals surface area contributed by atoms with Crippen molar-refractivity contribution in [2.45, 2.75) is 18.4 Å². The quantitative estimate of drug-likeness (QED) is 0.607. The molecule has 0 bridgehead atoms. The van der Waals surface area contributed by atoms with Gasteiger partial charge in [0.05, 0.1) is 4.53 Å². The smallest absolute Gasteiger partial charge is 0.269 e. The zero-order valence-corrected chi connectivity index (χ0v) is 17.0. The number of aryl methyl sites for hydroxylation is 1. The van der Waals surface area contributed by atoms with Crippen molar-refractivity contribution in [1.29, 1.82) is 10.5 Å². The standard InChI is InChI=1S/C20H15N3OS3/c1-14-7-8-17(26-14)11-18-19(24)23(20(27-18)15(12-21)13-22)9-10-25-16-5-3-2-4-6-16/h2-8,11H,9-10H2,1H3/b18-11-. The lowest BCUT2D eigenvalue weighted by Gasteiger charge is -2.03. The largest absolute Gasteiger partial charge is 0.296 e. The van der Waals surface area contributed by atoms with Crippen LogP contribution in [0.1, 0.15) is 9.75 Å². The summed E-state index contributed by atoms with van der Waals surface area (Å²) in [6, 6.07) is 17.7. The first-order valence-electron chi connectivity index (χ1n) is 8.12. The molecule has 3 rings (SSSR count). The number of nitriles is 2. The van der Waals surface area contributed by atoms with E-state index in [-0.39, 0.29) is 11.1 Å². The number of rotatable bonds is 5. The summed E-state index contributed by atoms with van der Waals surface area (Å²) in [5.74, 6) is 0.676. The highest BCUT2D eigenvalue weighted by Gasteiger charge is 2.09. The number of benzene rings is 1. The molecule has 0 aliphatic carbocycles. The van der Waals surface area contributed by atoms with Gasteiger partial charge in [-0.05, 0) is 37.3 Å². The molecular formula is C20H15N3OS3. The predicted octanol–water partition coefficient (Wildman–Crippen LogP) is 3.10. The fraction of sp³-hybridized carbons (Fsp3) is 0.150. The molecular weight excluding hydrogens is 394 g/mol. The Morgan fingerprint density at radius 1 is 1.15 bits per heavy atom. The number of hydrogen-bond acceptors (Lipinski definition) is 6. The van der Waals surface area contributed by atoms with E-state index in [1.165, 1.54) is 16.2 Å². The van der Waals surface area contributed by atoms with Crippen molar-refractivity contribution < 1.29 is 0 Å². The molecule has 7 heteroatoms. The highest BCUT2D eigenvalue weighted by atomic mass is 32.2. The van der Waals surface area contributed by atoms with Gasteiger partial charge in [-0.1, -0.05) is 18.2 Å². The van der Waals surface area contributed by atoms with Gasteiger partial charge in [-0.3, -0.25) is 9.36 Å². The second kappa shape index (κ2) is 8.88. The van der Waals surface area contributed by atoms with E-state index in [1.54, 1.807) is 27.7 Å². The number of hydrogen-bond donors (Lipinski definition) is 0. The molecule has 0 amide bonds. The van der Waals surface area contributed by atoms with Crippen molar-refractivity contribution >= 4 is 46.1 Å². The second-order valence-corrected chi connectivity index (χ2v) is 9.10. The number of thioether (sulfide) groups is 1. The lowest BCUT2D eigenvalue weighted by atomic mass is 10.4. The topological polar surface area (TPSA) is 69.6 Å². The van der Waals surface area contributed by atoms with Crippen LogP contribution in [0.5, 0.6) is 0 Å². The Hall–Kier alpha value is -2.58. The van der Waals surface area contributed by atoms with E-state index < -0.39 is 0 Å². The van der Waals surface area contributed by atoms with Crippen LogP contribution in [0.2, 0.25) is 0 Å². The molecule has 3 aromatic rings. The number of thiazole rings is 1. The first kappa shape index (κ1) is 19.2. The van der Waals surface area contributed by atoms with Gasteiger partial charge in [-0.2, -0.15) is 10.5 Å². The van der Waals surface area contributed by atoms with Crippen molar-refractivity contribution in [3.63, 3.8) is 0 Å². The molecule has 0 fully saturated rings. The van der Waals surface area contributed by atoms with Crippen LogP contribution >= 0.6 is 34.4 Å². The van der Waals surface area contributed by atoms with Crippen molar-refractivity contribution in [2.75, 3.05) is 5.75 Å². The van der Waals surface area contributed by atoms with E-state index in [2.05, 4.69) is 0 Å². The molecule has 0 N–H and O–H groups in total. The third kappa shape index (κ3) is 4.58. The molecule has 0 aliphatic rings. The molecule has 0 saturated heterocycles. The van der Waals surface area contributed by atoms with Gasteiger partial charge in [-0.25, -0.2) is 0 Å². The number of thiophene rings is 1. The minimum Gasteiger partial charge on any atom is -0.296 e. The third-order valence-electron chi connectivity index (χ3n) is 3.71. The van der Waals surface area contributed by atoms with Gasteiger partial charge >= 0.3 is 0 Å². The highest BCUT2D eigenvalue weighted by molar-refractivity contribution is 7.99. The fourth-order valence-corrected chi connectivity index (χ4v) is 5.28. The summed E-state index contributed by atoms with van der Waals surface area (Å²) < 4.78 is 2.52. The molecule has 0 atom stereocenters. The van der Waals surface area contributed by atoms with E-state index in [1.807, 2.05) is 67.6 Å². The Balaban J connectivity index is 2.00. The maximum absolute atomic E-state index is 12.9. The number of nitrogens with zero attached hydrogens (tertiary/aromatic N) is 3. The molecule has 2 aromatic heterocycles. The second-order valence-electron chi connectivity index (χ2n) is 5.58. The van der Waals surface area contributed by atoms with Crippen LogP contribution in [-0.2, 0) is 6.54 Å². The Bertz CT molecular complexity index is 1190. The summed E-state index contributed by atoms with van der Waals surface area (Å²) in [6.45, 7) is 2.45. The van der Waals surface area contributed by atoms with Crippen molar-refractivity contribution in [3.05, 3.63) is 71.8 Å². The predicted molar refractivity (Wildman–Crippen MR) is 112 cm³/mol. The van der Waals surface area contributed by atoms with Crippen LogP contribution in [0.25, 0.3) is 11.6 Å². The lowest BCUT2D eigenvalue weighted by molar-refractivity contribution is 0.730. The molecule has 0 aliphatic heterocycles. The molecule has 1 aromatic carbocycles. The van der Waals surface area contributed by atoms with Crippen LogP contribution < -0.4 is 14.8 Å². The average Bonchev–Trinajstić information content (AvgIpc) is 3.22. The Morgan fingerprint density at radius 2 is 1.89 bits per heavy atom. The van der Waals surface area contributed by atoms with Crippen LogP contribution in [0.3, 0.4) is 0 Å². The Morgan fingerprint density at radius 3 is 2.52 bits per heavy atom. The molecule has 4 nitrogen and oxygen atoms in total. The Kier molecular flexibility index (Phi) is 6.31. The molecule has 0 spiro atoms. The van der Waals surface area contributed by atoms with Gasteiger partial charge in [0.2, 0.25) is 0 Å². The van der Waals surface area contributed by atoms with Gasteiger partial charge in [0, 0.05) is 26.9 Å². The van der Waals surface area contributed by atoms with Crippen LogP contribution in [0, 0.1) is 29.6 Å². The first-order valence-corrected chi connectivity index (χ1v) is 10.7. The number of aromatic nitrogens is 1. The molecule has 0 saturated carbocycles. The highest BCUT2D eigenvalue weighted by Crippen LogP contribution is 2.17. The maximum atomic E-state index is 12.9. The zero-order chi connectivity index (χ0) is 19.2. The molecule has 134 valence electrons. The van der Waals surface area contributed by atoms with Crippen LogP contribution in [-0.4, -0.2) is 10.3 Å². The van der Waals surface area contributed by atoms with Crippen molar-refractivity contribution in [3.8, 4) is 12.1 Å². The van der Waals surface area contributed by atoms with Crippen LogP contribution in [0.4, 0.5) is 0 Å². The summed E-state index contributed by atoms with van der Waals surface area (Å²) in [5, 5.41) is 18.5. The monoisotopic (exact) mass is 409 g/mol. The van der Waals surface area contributed by atoms with E-state index in [9.17, 15) is 15.3 Å². The summed E-state index contributed by atoms with van der Waals surface area (Å²) >= 11 is 4.45. The molecule has 27 heavy (non-hydrogen) atoms. The summed E-state index contributed by atoms with van der Waals surface area (Å²) in [4.78, 5) is 16.2. The minimum absolute atomic E-state index is 0.0242. The zero-order valence-electron chi connectivity index (χ0n) is 14.5. The summed E-state index contributed by atoms with van der Waals surface area (Å²) in [5.41, 5.74) is -0.179. The lowest BCUT2D eigenvalue weighted by Crippen LogP contribution is -2.32. The first-order chi connectivity index (χ1) is 13.1. The van der Waals surface area contributed by atoms with Gasteiger partial charge in [-0.15, -0.1) is 34.4 Å². The van der Waals surface area contributed by atoms with E-state index >= 15 is 0 Å². The fourth-order valence-electron chi connectivity index (χ4n) is 2.46.